The molecule has 0 spiro atoms. The van der Waals surface area contributed by atoms with Gasteiger partial charge in [0.15, 0.2) is 5.78 Å². The monoisotopic (exact) mass is 352 g/mol. The summed E-state index contributed by atoms with van der Waals surface area (Å²) in [5, 5.41) is 9.76. The molecule has 3 aromatic carbocycles. The second kappa shape index (κ2) is 7.08. The Labute approximate surface area is 150 Å². The molecule has 26 heavy (non-hydrogen) atoms. The maximum absolute atomic E-state index is 14.1. The number of halogens is 2. The van der Waals surface area contributed by atoms with Crippen molar-refractivity contribution in [2.45, 2.75) is 20.3 Å². The number of aryl methyl sites for hydroxylation is 1. The van der Waals surface area contributed by atoms with Crippen molar-refractivity contribution in [1.82, 2.24) is 0 Å². The summed E-state index contributed by atoms with van der Waals surface area (Å²) in [6.45, 7) is 3.43. The van der Waals surface area contributed by atoms with Gasteiger partial charge < -0.3 is 5.11 Å². The minimum atomic E-state index is -0.522. The third-order valence-electron chi connectivity index (χ3n) is 4.41. The number of phenolic OH excluding ortho intramolecular Hbond substituents is 1. The van der Waals surface area contributed by atoms with E-state index < -0.39 is 5.82 Å². The zero-order chi connectivity index (χ0) is 18.8. The highest BCUT2D eigenvalue weighted by Gasteiger charge is 2.16. The van der Waals surface area contributed by atoms with Gasteiger partial charge in [-0.15, -0.1) is 0 Å². The molecule has 0 aromatic heterocycles. The third kappa shape index (κ3) is 3.64. The first-order chi connectivity index (χ1) is 12.3. The first-order valence-electron chi connectivity index (χ1n) is 8.23. The summed E-state index contributed by atoms with van der Waals surface area (Å²) in [6, 6.07) is 13.8. The fourth-order valence-corrected chi connectivity index (χ4v) is 2.97. The Morgan fingerprint density at radius 1 is 0.962 bits per heavy atom. The SMILES string of the molecule is Cc1cc(C(=O)Cc2c(F)ccc(O)c2C)cc(-c2cccc(F)c2)c1. The van der Waals surface area contributed by atoms with E-state index in [2.05, 4.69) is 0 Å². The van der Waals surface area contributed by atoms with Crippen LogP contribution in [0, 0.1) is 25.5 Å². The van der Waals surface area contributed by atoms with Crippen molar-refractivity contribution in [2.75, 3.05) is 0 Å². The average molecular weight is 352 g/mol. The van der Waals surface area contributed by atoms with E-state index >= 15 is 0 Å². The van der Waals surface area contributed by atoms with Crippen molar-refractivity contribution in [3.05, 3.63) is 88.5 Å². The lowest BCUT2D eigenvalue weighted by Gasteiger charge is -2.11. The third-order valence-corrected chi connectivity index (χ3v) is 4.41. The summed E-state index contributed by atoms with van der Waals surface area (Å²) < 4.78 is 27.6. The Balaban J connectivity index is 1.97. The van der Waals surface area contributed by atoms with Gasteiger partial charge in [0.05, 0.1) is 0 Å². The summed E-state index contributed by atoms with van der Waals surface area (Å²) in [5.41, 5.74) is 3.21. The van der Waals surface area contributed by atoms with E-state index in [1.165, 1.54) is 18.2 Å². The van der Waals surface area contributed by atoms with E-state index in [0.29, 0.717) is 16.7 Å². The van der Waals surface area contributed by atoms with Crippen molar-refractivity contribution in [1.29, 1.82) is 0 Å². The molecule has 0 amide bonds. The van der Waals surface area contributed by atoms with E-state index in [4.69, 9.17) is 0 Å². The maximum atomic E-state index is 14.1. The van der Waals surface area contributed by atoms with E-state index in [0.717, 1.165) is 17.2 Å². The molecule has 4 heteroatoms. The molecule has 0 atom stereocenters. The predicted octanol–water partition coefficient (Wildman–Crippen LogP) is 5.38. The fourth-order valence-electron chi connectivity index (χ4n) is 2.97. The topological polar surface area (TPSA) is 37.3 Å². The molecule has 0 aliphatic rings. The number of ketones is 1. The van der Waals surface area contributed by atoms with Crippen LogP contribution in [0.1, 0.15) is 27.0 Å². The lowest BCUT2D eigenvalue weighted by Crippen LogP contribution is -2.07. The van der Waals surface area contributed by atoms with Crippen LogP contribution in [-0.2, 0) is 6.42 Å². The predicted molar refractivity (Wildman–Crippen MR) is 97.4 cm³/mol. The van der Waals surface area contributed by atoms with Crippen LogP contribution < -0.4 is 0 Å². The quantitative estimate of drug-likeness (QED) is 0.640. The molecule has 0 aliphatic carbocycles. The molecule has 3 aromatic rings. The standard InChI is InChI=1S/C22H18F2O2/c1-13-8-16(15-4-3-5-18(23)11-15)10-17(9-13)22(26)12-19-14(2)21(25)7-6-20(19)24/h3-11,25H,12H2,1-2H3. The van der Waals surface area contributed by atoms with Crippen LogP contribution in [0.2, 0.25) is 0 Å². The lowest BCUT2D eigenvalue weighted by molar-refractivity contribution is 0.0991. The number of phenols is 1. The molecule has 0 saturated carbocycles. The molecule has 0 fully saturated rings. The molecule has 2 nitrogen and oxygen atoms in total. The molecule has 1 N–H and O–H groups in total. The highest BCUT2D eigenvalue weighted by atomic mass is 19.1. The molecule has 0 unspecified atom stereocenters. The van der Waals surface area contributed by atoms with Crippen LogP contribution in [0.15, 0.2) is 54.6 Å². The first kappa shape index (κ1) is 17.8. The summed E-state index contributed by atoms with van der Waals surface area (Å²) >= 11 is 0. The zero-order valence-electron chi connectivity index (χ0n) is 14.5. The Bertz CT molecular complexity index is 993. The van der Waals surface area contributed by atoms with Gasteiger partial charge in [0, 0.05) is 17.5 Å². The second-order valence-electron chi connectivity index (χ2n) is 6.37. The van der Waals surface area contributed by atoms with Crippen LogP contribution in [0.4, 0.5) is 8.78 Å². The molecule has 0 saturated heterocycles. The summed E-state index contributed by atoms with van der Waals surface area (Å²) in [6.07, 6.45) is -0.155. The minimum Gasteiger partial charge on any atom is -0.508 e. The number of carbonyl (C=O) groups excluding carboxylic acids is 1. The van der Waals surface area contributed by atoms with E-state index in [1.807, 2.05) is 13.0 Å². The Morgan fingerprint density at radius 2 is 1.73 bits per heavy atom. The number of hydrogen-bond acceptors (Lipinski definition) is 2. The molecule has 0 aliphatic heterocycles. The van der Waals surface area contributed by atoms with Gasteiger partial charge in [0.2, 0.25) is 0 Å². The smallest absolute Gasteiger partial charge is 0.167 e. The number of hydrogen-bond donors (Lipinski definition) is 1. The van der Waals surface area contributed by atoms with Gasteiger partial charge in [0.1, 0.15) is 17.4 Å². The molecule has 0 bridgehead atoms. The average Bonchev–Trinajstić information content (AvgIpc) is 2.61. The first-order valence-corrected chi connectivity index (χ1v) is 8.23. The molecule has 132 valence electrons. The number of aromatic hydroxyl groups is 1. The largest absolute Gasteiger partial charge is 0.508 e. The van der Waals surface area contributed by atoms with Gasteiger partial charge in [-0.3, -0.25) is 4.79 Å². The summed E-state index contributed by atoms with van der Waals surface area (Å²) in [7, 11) is 0. The Hall–Kier alpha value is -3.01. The van der Waals surface area contributed by atoms with E-state index in [9.17, 15) is 18.7 Å². The fraction of sp³-hybridized carbons (Fsp3) is 0.136. The molecule has 0 heterocycles. The zero-order valence-corrected chi connectivity index (χ0v) is 14.5. The van der Waals surface area contributed by atoms with Crippen LogP contribution in [-0.4, -0.2) is 10.9 Å². The second-order valence-corrected chi connectivity index (χ2v) is 6.37. The van der Waals surface area contributed by atoms with E-state index in [1.54, 1.807) is 31.2 Å². The Morgan fingerprint density at radius 3 is 2.46 bits per heavy atom. The van der Waals surface area contributed by atoms with Crippen molar-refractivity contribution in [3.63, 3.8) is 0 Å². The summed E-state index contributed by atoms with van der Waals surface area (Å²) in [5.74, 6) is -1.18. The van der Waals surface area contributed by atoms with Crippen molar-refractivity contribution < 1.29 is 18.7 Å². The number of rotatable bonds is 4. The van der Waals surface area contributed by atoms with Gasteiger partial charge in [-0.2, -0.15) is 0 Å². The number of benzene rings is 3. The molecular formula is C22H18F2O2. The highest BCUT2D eigenvalue weighted by molar-refractivity contribution is 5.99. The van der Waals surface area contributed by atoms with Gasteiger partial charge >= 0.3 is 0 Å². The van der Waals surface area contributed by atoms with Crippen molar-refractivity contribution in [2.24, 2.45) is 0 Å². The normalized spacial score (nSPS) is 10.8. The molecular weight excluding hydrogens is 334 g/mol. The number of Topliss-reactive ketones (excluding diaryl/α,β-unsaturated/α-hetero) is 1. The summed E-state index contributed by atoms with van der Waals surface area (Å²) in [4.78, 5) is 12.7. The maximum Gasteiger partial charge on any atom is 0.167 e. The Kier molecular flexibility index (Phi) is 4.85. The van der Waals surface area contributed by atoms with Crippen LogP contribution >= 0.6 is 0 Å². The molecule has 0 radical (unpaired) electrons. The van der Waals surface area contributed by atoms with Gasteiger partial charge in [0.25, 0.3) is 0 Å². The van der Waals surface area contributed by atoms with Crippen LogP contribution in [0.25, 0.3) is 11.1 Å². The highest BCUT2D eigenvalue weighted by Crippen LogP contribution is 2.26. The van der Waals surface area contributed by atoms with Crippen molar-refractivity contribution in [3.8, 4) is 16.9 Å². The minimum absolute atomic E-state index is 0.0427. The van der Waals surface area contributed by atoms with Gasteiger partial charge in [-0.1, -0.05) is 18.2 Å². The van der Waals surface area contributed by atoms with Crippen LogP contribution in [0.3, 0.4) is 0 Å². The van der Waals surface area contributed by atoms with Gasteiger partial charge in [-0.25, -0.2) is 8.78 Å². The van der Waals surface area contributed by atoms with Gasteiger partial charge in [-0.05, 0) is 72.5 Å². The van der Waals surface area contributed by atoms with Crippen molar-refractivity contribution >= 4 is 5.78 Å². The molecule has 3 rings (SSSR count). The van der Waals surface area contributed by atoms with Crippen LogP contribution in [0.5, 0.6) is 5.75 Å². The van der Waals surface area contributed by atoms with E-state index in [-0.39, 0.29) is 29.3 Å². The number of carbonyl (C=O) groups is 1. The lowest BCUT2D eigenvalue weighted by atomic mass is 9.94.